The first-order valence-corrected chi connectivity index (χ1v) is 12.3. The molecule has 2 fully saturated rings. The van der Waals surface area contributed by atoms with Crippen LogP contribution in [0.25, 0.3) is 0 Å². The normalized spacial score (nSPS) is 21.1. The molecule has 4 rings (SSSR count). The van der Waals surface area contributed by atoms with Gasteiger partial charge in [-0.25, -0.2) is 0 Å². The third-order valence-corrected chi connectivity index (χ3v) is 6.80. The summed E-state index contributed by atoms with van der Waals surface area (Å²) in [5.41, 5.74) is 1.04. The van der Waals surface area contributed by atoms with Crippen LogP contribution in [0.5, 0.6) is 0 Å². The van der Waals surface area contributed by atoms with Crippen LogP contribution in [0.15, 0.2) is 18.2 Å². The first kappa shape index (κ1) is 24.3. The molecule has 1 saturated carbocycles. The summed E-state index contributed by atoms with van der Waals surface area (Å²) in [4.78, 5) is 50.5. The minimum Gasteiger partial charge on any atom is -0.382 e. The van der Waals surface area contributed by atoms with Crippen LogP contribution in [0, 0.1) is 5.92 Å². The molecular formula is C25H33N3O6. The number of nitrogens with one attached hydrogen (secondary N) is 2. The standard InChI is InChI=1S/C25H33N3O6/c29-21-10-9-20(23(30)27-21)28-24(31)18-7-4-8-19(22(18)25(28)32)26-12-14-34-16-15-33-13-11-17-5-2-1-3-6-17/h4,7-8,17,20,26H,1-3,5-6,9-16H2,(H,27,29,30). The van der Waals surface area contributed by atoms with Crippen molar-refractivity contribution in [3.8, 4) is 0 Å². The highest BCUT2D eigenvalue weighted by Gasteiger charge is 2.45. The van der Waals surface area contributed by atoms with Gasteiger partial charge in [-0.15, -0.1) is 0 Å². The molecule has 4 amide bonds. The molecule has 0 radical (unpaired) electrons. The number of fused-ring (bicyclic) bond motifs is 1. The fourth-order valence-electron chi connectivity index (χ4n) is 4.97. The molecule has 1 unspecified atom stereocenters. The topological polar surface area (TPSA) is 114 Å². The molecule has 2 N–H and O–H groups in total. The van der Waals surface area contributed by atoms with E-state index in [9.17, 15) is 19.2 Å². The Hall–Kier alpha value is -2.78. The first-order chi connectivity index (χ1) is 16.6. The van der Waals surface area contributed by atoms with Crippen LogP contribution < -0.4 is 10.6 Å². The van der Waals surface area contributed by atoms with E-state index in [-0.39, 0.29) is 24.0 Å². The fraction of sp³-hybridized carbons (Fsp3) is 0.600. The molecule has 3 aliphatic rings. The Morgan fingerprint density at radius 2 is 1.68 bits per heavy atom. The van der Waals surface area contributed by atoms with E-state index in [1.807, 2.05) is 0 Å². The molecule has 1 aromatic carbocycles. The lowest BCUT2D eigenvalue weighted by molar-refractivity contribution is -0.136. The Morgan fingerprint density at radius 1 is 0.912 bits per heavy atom. The van der Waals surface area contributed by atoms with Crippen LogP contribution in [0.4, 0.5) is 5.69 Å². The summed E-state index contributed by atoms with van der Waals surface area (Å²) in [7, 11) is 0. The van der Waals surface area contributed by atoms with Crippen LogP contribution in [0.1, 0.15) is 72.1 Å². The van der Waals surface area contributed by atoms with Gasteiger partial charge in [-0.05, 0) is 30.9 Å². The SMILES string of the molecule is O=C1CCC(N2C(=O)c3cccc(NCCOCCOCCC4CCCCC4)c3C2=O)C(=O)N1. The molecule has 0 aromatic heterocycles. The van der Waals surface area contributed by atoms with Crippen LogP contribution in [-0.4, -0.2) is 67.5 Å². The number of piperidine rings is 1. The van der Waals surface area contributed by atoms with Crippen LogP contribution in [0.3, 0.4) is 0 Å². The van der Waals surface area contributed by atoms with Gasteiger partial charge in [-0.1, -0.05) is 38.2 Å². The second-order valence-electron chi connectivity index (χ2n) is 9.12. The van der Waals surface area contributed by atoms with E-state index < -0.39 is 29.7 Å². The number of ether oxygens (including phenoxy) is 2. The number of benzene rings is 1. The highest BCUT2D eigenvalue weighted by Crippen LogP contribution is 2.32. The second kappa shape index (κ2) is 11.6. The van der Waals surface area contributed by atoms with Crippen LogP contribution in [0.2, 0.25) is 0 Å². The van der Waals surface area contributed by atoms with E-state index in [0.717, 1.165) is 23.8 Å². The van der Waals surface area contributed by atoms with Gasteiger partial charge in [0.2, 0.25) is 11.8 Å². The Kier molecular flexibility index (Phi) is 8.29. The molecule has 0 spiro atoms. The number of hydrogen-bond acceptors (Lipinski definition) is 7. The summed E-state index contributed by atoms with van der Waals surface area (Å²) >= 11 is 0. The molecular weight excluding hydrogens is 438 g/mol. The summed E-state index contributed by atoms with van der Waals surface area (Å²) in [5.74, 6) is -1.24. The number of nitrogens with zero attached hydrogens (tertiary/aromatic N) is 1. The van der Waals surface area contributed by atoms with Crippen molar-refractivity contribution in [1.29, 1.82) is 0 Å². The zero-order valence-electron chi connectivity index (χ0n) is 19.5. The molecule has 184 valence electrons. The van der Waals surface area contributed by atoms with E-state index >= 15 is 0 Å². The second-order valence-corrected chi connectivity index (χ2v) is 9.12. The van der Waals surface area contributed by atoms with E-state index in [4.69, 9.17) is 9.47 Å². The van der Waals surface area contributed by atoms with Crippen molar-refractivity contribution < 1.29 is 28.7 Å². The molecule has 1 atom stereocenters. The number of hydrogen-bond donors (Lipinski definition) is 2. The molecule has 1 aliphatic carbocycles. The predicted molar refractivity (Wildman–Crippen MR) is 124 cm³/mol. The lowest BCUT2D eigenvalue weighted by atomic mass is 9.87. The van der Waals surface area contributed by atoms with Crippen molar-refractivity contribution in [2.45, 2.75) is 57.4 Å². The molecule has 34 heavy (non-hydrogen) atoms. The van der Waals surface area contributed by atoms with Gasteiger partial charge in [0, 0.05) is 25.3 Å². The molecule has 2 aliphatic heterocycles. The van der Waals surface area contributed by atoms with Gasteiger partial charge >= 0.3 is 0 Å². The Balaban J connectivity index is 1.20. The summed E-state index contributed by atoms with van der Waals surface area (Å²) in [6.45, 7) is 2.72. The maximum absolute atomic E-state index is 13.1. The van der Waals surface area contributed by atoms with Gasteiger partial charge in [0.15, 0.2) is 0 Å². The summed E-state index contributed by atoms with van der Waals surface area (Å²) in [5, 5.41) is 5.37. The van der Waals surface area contributed by atoms with Gasteiger partial charge in [0.1, 0.15) is 6.04 Å². The third kappa shape index (κ3) is 5.64. The highest BCUT2D eigenvalue weighted by molar-refractivity contribution is 6.25. The monoisotopic (exact) mass is 471 g/mol. The summed E-state index contributed by atoms with van der Waals surface area (Å²) in [6, 6.07) is 4.03. The van der Waals surface area contributed by atoms with Crippen molar-refractivity contribution in [2.75, 3.05) is 38.3 Å². The van der Waals surface area contributed by atoms with Crippen molar-refractivity contribution >= 4 is 29.3 Å². The zero-order chi connectivity index (χ0) is 23.9. The minimum absolute atomic E-state index is 0.0938. The van der Waals surface area contributed by atoms with Gasteiger partial charge in [0.25, 0.3) is 11.8 Å². The van der Waals surface area contributed by atoms with Crippen LogP contribution >= 0.6 is 0 Å². The van der Waals surface area contributed by atoms with Gasteiger partial charge in [-0.2, -0.15) is 0 Å². The van der Waals surface area contributed by atoms with Crippen molar-refractivity contribution in [2.24, 2.45) is 5.92 Å². The van der Waals surface area contributed by atoms with E-state index in [1.54, 1.807) is 18.2 Å². The first-order valence-electron chi connectivity index (χ1n) is 12.3. The number of rotatable bonds is 11. The average Bonchev–Trinajstić information content (AvgIpc) is 3.09. The lowest BCUT2D eigenvalue weighted by Crippen LogP contribution is -2.54. The van der Waals surface area contributed by atoms with Crippen molar-refractivity contribution in [3.63, 3.8) is 0 Å². The van der Waals surface area contributed by atoms with E-state index in [1.165, 1.54) is 32.1 Å². The predicted octanol–water partition coefficient (Wildman–Crippen LogP) is 2.50. The Bertz CT molecular complexity index is 927. The minimum atomic E-state index is -0.973. The maximum Gasteiger partial charge on any atom is 0.264 e. The highest BCUT2D eigenvalue weighted by atomic mass is 16.5. The zero-order valence-corrected chi connectivity index (χ0v) is 19.5. The van der Waals surface area contributed by atoms with E-state index in [2.05, 4.69) is 10.6 Å². The molecule has 1 saturated heterocycles. The largest absolute Gasteiger partial charge is 0.382 e. The lowest BCUT2D eigenvalue weighted by Gasteiger charge is -2.27. The number of amides is 4. The van der Waals surface area contributed by atoms with Crippen LogP contribution in [-0.2, 0) is 19.1 Å². The smallest absolute Gasteiger partial charge is 0.264 e. The quantitative estimate of drug-likeness (QED) is 0.376. The Morgan fingerprint density at radius 3 is 2.44 bits per heavy atom. The fourth-order valence-corrected chi connectivity index (χ4v) is 4.97. The van der Waals surface area contributed by atoms with Crippen molar-refractivity contribution in [3.05, 3.63) is 29.3 Å². The van der Waals surface area contributed by atoms with Crippen molar-refractivity contribution in [1.82, 2.24) is 10.2 Å². The molecule has 1 aromatic rings. The average molecular weight is 472 g/mol. The maximum atomic E-state index is 13.1. The van der Waals surface area contributed by atoms with Gasteiger partial charge < -0.3 is 14.8 Å². The number of anilines is 1. The summed E-state index contributed by atoms with van der Waals surface area (Å²) in [6.07, 6.45) is 8.07. The number of imide groups is 2. The molecule has 2 heterocycles. The third-order valence-electron chi connectivity index (χ3n) is 6.80. The molecule has 0 bridgehead atoms. The number of carbonyl (C=O) groups excluding carboxylic acids is 4. The molecule has 9 heteroatoms. The van der Waals surface area contributed by atoms with E-state index in [0.29, 0.717) is 32.1 Å². The Labute approximate surface area is 199 Å². The van der Waals surface area contributed by atoms with Gasteiger partial charge in [-0.3, -0.25) is 29.4 Å². The summed E-state index contributed by atoms with van der Waals surface area (Å²) < 4.78 is 11.3. The van der Waals surface area contributed by atoms with Gasteiger partial charge in [0.05, 0.1) is 30.9 Å². The molecule has 9 nitrogen and oxygen atoms in total. The number of carbonyl (C=O) groups is 4.